The number of aldehydes is 1. The number of benzene rings is 1. The van der Waals surface area contributed by atoms with Crippen molar-refractivity contribution in [1.82, 2.24) is 0 Å². The number of carbonyl (C=O) groups excluding carboxylic acids is 1. The van der Waals surface area contributed by atoms with Gasteiger partial charge in [-0.2, -0.15) is 5.10 Å². The largest absolute Gasteiger partial charge is 0.376 e. The molecule has 0 amide bonds. The van der Waals surface area contributed by atoms with Crippen LogP contribution in [0.4, 0.5) is 5.69 Å². The summed E-state index contributed by atoms with van der Waals surface area (Å²) in [6.07, 6.45) is 1.52. The first-order valence-electron chi connectivity index (χ1n) is 5.66. The Hall–Kier alpha value is -1.68. The molecule has 0 aliphatic carbocycles. The molecule has 0 aromatic heterocycles. The number of rotatable bonds is 4. The van der Waals surface area contributed by atoms with E-state index in [-0.39, 0.29) is 12.1 Å². The molecule has 0 bridgehead atoms. The van der Waals surface area contributed by atoms with Crippen molar-refractivity contribution >= 4 is 17.7 Å². The number of nitrogens with zero attached hydrogens (tertiary/aromatic N) is 2. The van der Waals surface area contributed by atoms with Crippen LogP contribution >= 0.6 is 0 Å². The fourth-order valence-electron chi connectivity index (χ4n) is 1.87. The van der Waals surface area contributed by atoms with E-state index in [2.05, 4.69) is 5.10 Å². The van der Waals surface area contributed by atoms with Gasteiger partial charge < -0.3 is 9.53 Å². The number of anilines is 1. The molecule has 1 aromatic rings. The lowest BCUT2D eigenvalue weighted by Gasteiger charge is -2.18. The van der Waals surface area contributed by atoms with Crippen LogP contribution in [0.1, 0.15) is 13.3 Å². The monoisotopic (exact) mass is 232 g/mol. The lowest BCUT2D eigenvalue weighted by molar-refractivity contribution is -0.108. The Balaban J connectivity index is 2.26. The molecule has 4 nitrogen and oxygen atoms in total. The molecule has 0 spiro atoms. The van der Waals surface area contributed by atoms with Crippen LogP contribution in [0.15, 0.2) is 35.4 Å². The molecule has 1 aromatic carbocycles. The summed E-state index contributed by atoms with van der Waals surface area (Å²) in [5, 5.41) is 6.24. The topological polar surface area (TPSA) is 41.9 Å². The van der Waals surface area contributed by atoms with Gasteiger partial charge in [-0.1, -0.05) is 18.2 Å². The first-order valence-corrected chi connectivity index (χ1v) is 5.66. The third kappa shape index (κ3) is 2.36. The molecule has 1 aliphatic rings. The second kappa shape index (κ2) is 5.10. The van der Waals surface area contributed by atoms with Gasteiger partial charge in [0.25, 0.3) is 0 Å². The van der Waals surface area contributed by atoms with Gasteiger partial charge in [0, 0.05) is 13.5 Å². The summed E-state index contributed by atoms with van der Waals surface area (Å²) in [5.74, 6) is 0. The van der Waals surface area contributed by atoms with Crippen molar-refractivity contribution in [1.29, 1.82) is 0 Å². The van der Waals surface area contributed by atoms with E-state index in [1.54, 1.807) is 12.1 Å². The highest BCUT2D eigenvalue weighted by Crippen LogP contribution is 2.24. The Bertz CT molecular complexity index is 417. The lowest BCUT2D eigenvalue weighted by Crippen LogP contribution is -2.27. The van der Waals surface area contributed by atoms with Crippen molar-refractivity contribution in [3.8, 4) is 0 Å². The standard InChI is InChI=1S/C13H16N2O2/c1-10(17-2)13-8-12(9-16)15(14-13)11-6-4-3-5-7-11/h3-7,9-10,12H,8H2,1-2H3. The highest BCUT2D eigenvalue weighted by Gasteiger charge is 2.29. The Morgan fingerprint density at radius 1 is 1.47 bits per heavy atom. The quantitative estimate of drug-likeness (QED) is 0.744. The summed E-state index contributed by atoms with van der Waals surface area (Å²) in [6, 6.07) is 9.48. The van der Waals surface area contributed by atoms with E-state index in [1.807, 2.05) is 37.3 Å². The first-order chi connectivity index (χ1) is 8.26. The van der Waals surface area contributed by atoms with Crippen molar-refractivity contribution in [2.45, 2.75) is 25.5 Å². The van der Waals surface area contributed by atoms with Gasteiger partial charge in [-0.3, -0.25) is 5.01 Å². The van der Waals surface area contributed by atoms with Crippen LogP contribution in [-0.4, -0.2) is 31.3 Å². The predicted octanol–water partition coefficient (Wildman–Crippen LogP) is 1.86. The third-order valence-electron chi connectivity index (χ3n) is 2.97. The summed E-state index contributed by atoms with van der Waals surface area (Å²) in [4.78, 5) is 11.1. The third-order valence-corrected chi connectivity index (χ3v) is 2.97. The van der Waals surface area contributed by atoms with Gasteiger partial charge in [-0.15, -0.1) is 0 Å². The zero-order valence-electron chi connectivity index (χ0n) is 10.0. The maximum absolute atomic E-state index is 11.1. The van der Waals surface area contributed by atoms with Crippen molar-refractivity contribution in [2.75, 3.05) is 12.1 Å². The van der Waals surface area contributed by atoms with Gasteiger partial charge in [0.1, 0.15) is 12.3 Å². The zero-order valence-corrected chi connectivity index (χ0v) is 10.0. The molecule has 1 heterocycles. The van der Waals surface area contributed by atoms with Crippen molar-refractivity contribution in [3.05, 3.63) is 30.3 Å². The minimum absolute atomic E-state index is 0.0498. The van der Waals surface area contributed by atoms with E-state index in [1.165, 1.54) is 0 Å². The van der Waals surface area contributed by atoms with Crippen LogP contribution < -0.4 is 5.01 Å². The van der Waals surface area contributed by atoms with E-state index in [0.717, 1.165) is 17.7 Å². The van der Waals surface area contributed by atoms with Gasteiger partial charge in [0.2, 0.25) is 0 Å². The summed E-state index contributed by atoms with van der Waals surface area (Å²) in [5.41, 5.74) is 1.84. The number of methoxy groups -OCH3 is 1. The average molecular weight is 232 g/mol. The number of para-hydroxylation sites is 1. The van der Waals surface area contributed by atoms with Crippen molar-refractivity contribution < 1.29 is 9.53 Å². The Morgan fingerprint density at radius 2 is 2.18 bits per heavy atom. The Morgan fingerprint density at radius 3 is 2.76 bits per heavy atom. The molecule has 0 fully saturated rings. The predicted molar refractivity (Wildman–Crippen MR) is 67.3 cm³/mol. The average Bonchev–Trinajstić information content (AvgIpc) is 2.83. The van der Waals surface area contributed by atoms with Gasteiger partial charge in [-0.05, 0) is 19.1 Å². The summed E-state index contributed by atoms with van der Waals surface area (Å²) < 4.78 is 5.24. The van der Waals surface area contributed by atoms with Crippen LogP contribution in [-0.2, 0) is 9.53 Å². The second-order valence-electron chi connectivity index (χ2n) is 4.06. The van der Waals surface area contributed by atoms with Crippen molar-refractivity contribution in [3.63, 3.8) is 0 Å². The number of carbonyl (C=O) groups is 1. The van der Waals surface area contributed by atoms with E-state index < -0.39 is 0 Å². The van der Waals surface area contributed by atoms with Gasteiger partial charge >= 0.3 is 0 Å². The minimum Gasteiger partial charge on any atom is -0.376 e. The zero-order chi connectivity index (χ0) is 12.3. The molecule has 4 heteroatoms. The first kappa shape index (κ1) is 11.8. The molecule has 0 N–H and O–H groups in total. The summed E-state index contributed by atoms with van der Waals surface area (Å²) in [6.45, 7) is 1.94. The summed E-state index contributed by atoms with van der Waals surface area (Å²) >= 11 is 0. The molecular formula is C13H16N2O2. The van der Waals surface area contributed by atoms with Crippen LogP contribution in [0.5, 0.6) is 0 Å². The van der Waals surface area contributed by atoms with E-state index in [0.29, 0.717) is 6.42 Å². The molecule has 0 radical (unpaired) electrons. The highest BCUT2D eigenvalue weighted by molar-refractivity contribution is 5.95. The SMILES string of the molecule is COC(C)C1=NN(c2ccccc2)C(C=O)C1. The maximum Gasteiger partial charge on any atom is 0.144 e. The highest BCUT2D eigenvalue weighted by atomic mass is 16.5. The number of hydrazone groups is 1. The van der Waals surface area contributed by atoms with Crippen molar-refractivity contribution in [2.24, 2.45) is 5.10 Å². The molecule has 90 valence electrons. The second-order valence-corrected chi connectivity index (χ2v) is 4.06. The molecule has 2 atom stereocenters. The van der Waals surface area contributed by atoms with E-state index in [9.17, 15) is 4.79 Å². The molecular weight excluding hydrogens is 216 g/mol. The molecule has 0 saturated carbocycles. The maximum atomic E-state index is 11.1. The Labute approximate surface area is 101 Å². The summed E-state index contributed by atoms with van der Waals surface area (Å²) in [7, 11) is 1.65. The fourth-order valence-corrected chi connectivity index (χ4v) is 1.87. The van der Waals surface area contributed by atoms with Crippen LogP contribution in [0, 0.1) is 0 Å². The van der Waals surface area contributed by atoms with Gasteiger partial charge in [0.05, 0.1) is 17.5 Å². The molecule has 0 saturated heterocycles. The molecule has 1 aliphatic heterocycles. The fraction of sp³-hybridized carbons (Fsp3) is 0.385. The molecule has 2 rings (SSSR count). The van der Waals surface area contributed by atoms with Gasteiger partial charge in [0.15, 0.2) is 0 Å². The smallest absolute Gasteiger partial charge is 0.144 e. The normalized spacial score (nSPS) is 21.2. The lowest BCUT2D eigenvalue weighted by atomic mass is 10.1. The van der Waals surface area contributed by atoms with E-state index in [4.69, 9.17) is 4.74 Å². The molecule has 2 unspecified atom stereocenters. The van der Waals surface area contributed by atoms with Crippen LogP contribution in [0.2, 0.25) is 0 Å². The van der Waals surface area contributed by atoms with E-state index >= 15 is 0 Å². The number of hydrogen-bond donors (Lipinski definition) is 0. The van der Waals surface area contributed by atoms with Gasteiger partial charge in [-0.25, -0.2) is 0 Å². The number of ether oxygens (including phenoxy) is 1. The minimum atomic E-state index is -0.218. The molecule has 17 heavy (non-hydrogen) atoms. The van der Waals surface area contributed by atoms with Crippen LogP contribution in [0.3, 0.4) is 0 Å². The Kier molecular flexibility index (Phi) is 3.54. The van der Waals surface area contributed by atoms with Crippen LogP contribution in [0.25, 0.3) is 0 Å². The number of hydrogen-bond acceptors (Lipinski definition) is 4.